The number of halogens is 5. The molecule has 0 saturated carbocycles. The van der Waals surface area contributed by atoms with Crippen LogP contribution in [0.4, 0.5) is 18.9 Å². The van der Waals surface area contributed by atoms with E-state index in [-0.39, 0.29) is 17.6 Å². The molecule has 0 spiro atoms. The van der Waals surface area contributed by atoms with Gasteiger partial charge in [-0.1, -0.05) is 48.7 Å². The van der Waals surface area contributed by atoms with E-state index in [0.29, 0.717) is 22.3 Å². The molecule has 33 heavy (non-hydrogen) atoms. The lowest BCUT2D eigenvalue weighted by atomic mass is 9.93. The van der Waals surface area contributed by atoms with Crippen LogP contribution in [-0.4, -0.2) is 36.0 Å². The molecule has 1 N–H and O–H groups in total. The minimum Gasteiger partial charge on any atom is -0.484 e. The van der Waals surface area contributed by atoms with E-state index in [1.165, 1.54) is 18.2 Å². The quantitative estimate of drug-likeness (QED) is 0.225. The van der Waals surface area contributed by atoms with Crippen molar-refractivity contribution in [1.29, 1.82) is 5.26 Å². The van der Waals surface area contributed by atoms with E-state index < -0.39 is 12.8 Å². The highest BCUT2D eigenvalue weighted by atomic mass is 35.5. The van der Waals surface area contributed by atoms with Gasteiger partial charge in [-0.2, -0.15) is 23.5 Å². The zero-order chi connectivity index (χ0) is 24.0. The second kappa shape index (κ2) is 10.8. The van der Waals surface area contributed by atoms with Gasteiger partial charge in [-0.15, -0.1) is 0 Å². The number of aliphatic imine (C=N–C) groups is 1. The van der Waals surface area contributed by atoms with Crippen molar-refractivity contribution in [2.75, 3.05) is 13.2 Å². The van der Waals surface area contributed by atoms with E-state index in [1.807, 2.05) is 12.3 Å². The maximum absolute atomic E-state index is 12.4. The summed E-state index contributed by atoms with van der Waals surface area (Å²) in [5.74, 6) is 0.205. The van der Waals surface area contributed by atoms with Gasteiger partial charge < -0.3 is 4.74 Å². The molecule has 11 heteroatoms. The molecule has 0 aromatic heterocycles. The number of hydrazone groups is 1. The van der Waals surface area contributed by atoms with Gasteiger partial charge in [0.1, 0.15) is 5.75 Å². The third kappa shape index (κ3) is 6.76. The van der Waals surface area contributed by atoms with E-state index in [0.717, 1.165) is 24.1 Å². The monoisotopic (exact) mass is 497 g/mol. The maximum Gasteiger partial charge on any atom is 0.422 e. The minimum absolute atomic E-state index is 0.00941. The highest BCUT2D eigenvalue weighted by molar-refractivity contribution is 6.42. The summed E-state index contributed by atoms with van der Waals surface area (Å²) in [7, 11) is 0. The Bertz CT molecular complexity index is 1100. The molecule has 2 aromatic carbocycles. The summed E-state index contributed by atoms with van der Waals surface area (Å²) in [6.07, 6.45) is -0.864. The Balaban J connectivity index is 1.91. The molecule has 1 unspecified atom stereocenters. The summed E-state index contributed by atoms with van der Waals surface area (Å²) in [6.45, 7) is 1.11. The number of nitrogens with zero attached hydrogens (tertiary/aromatic N) is 4. The summed E-state index contributed by atoms with van der Waals surface area (Å²) in [6, 6.07) is 11.1. The lowest BCUT2D eigenvalue weighted by molar-refractivity contribution is -0.153. The van der Waals surface area contributed by atoms with Gasteiger partial charge in [0.15, 0.2) is 12.8 Å². The molecular weight excluding hydrogens is 478 g/mol. The molecular formula is C22H20Cl2F3N5O. The Morgan fingerprint density at radius 2 is 2.06 bits per heavy atom. The zero-order valence-corrected chi connectivity index (χ0v) is 19.0. The first-order valence-corrected chi connectivity index (χ1v) is 10.8. The number of guanidine groups is 1. The fourth-order valence-corrected chi connectivity index (χ4v) is 3.64. The molecule has 1 atom stereocenters. The van der Waals surface area contributed by atoms with Crippen molar-refractivity contribution in [2.24, 2.45) is 16.0 Å². The van der Waals surface area contributed by atoms with Gasteiger partial charge in [-0.05, 0) is 36.2 Å². The van der Waals surface area contributed by atoms with Crippen LogP contribution in [0, 0.1) is 17.4 Å². The fraction of sp³-hybridized carbons (Fsp3) is 0.318. The van der Waals surface area contributed by atoms with E-state index in [9.17, 15) is 18.4 Å². The Morgan fingerprint density at radius 3 is 2.73 bits per heavy atom. The fourth-order valence-electron chi connectivity index (χ4n) is 3.34. The maximum atomic E-state index is 12.4. The smallest absolute Gasteiger partial charge is 0.422 e. The van der Waals surface area contributed by atoms with Crippen molar-refractivity contribution in [3.63, 3.8) is 0 Å². The van der Waals surface area contributed by atoms with Crippen LogP contribution in [0.25, 0.3) is 0 Å². The number of rotatable bonds is 6. The van der Waals surface area contributed by atoms with Crippen molar-refractivity contribution < 1.29 is 17.9 Å². The molecule has 0 radical (unpaired) electrons. The molecule has 0 amide bonds. The summed E-state index contributed by atoms with van der Waals surface area (Å²) in [5, 5.41) is 18.8. The van der Waals surface area contributed by atoms with E-state index >= 15 is 0 Å². The van der Waals surface area contributed by atoms with Crippen LogP contribution >= 0.6 is 23.2 Å². The Kier molecular flexibility index (Phi) is 8.06. The first-order valence-electron chi connectivity index (χ1n) is 10.0. The molecule has 0 saturated heterocycles. The molecule has 1 aliphatic rings. The number of alkyl halides is 3. The Labute approximate surface area is 199 Å². The van der Waals surface area contributed by atoms with Crippen LogP contribution in [-0.2, 0) is 0 Å². The highest BCUT2D eigenvalue weighted by Crippen LogP contribution is 2.29. The predicted octanol–water partition coefficient (Wildman–Crippen LogP) is 6.13. The van der Waals surface area contributed by atoms with Crippen LogP contribution in [0.5, 0.6) is 5.75 Å². The van der Waals surface area contributed by atoms with Crippen LogP contribution in [0.3, 0.4) is 0 Å². The average molecular weight is 498 g/mol. The van der Waals surface area contributed by atoms with Gasteiger partial charge in [-0.25, -0.2) is 10.0 Å². The topological polar surface area (TPSA) is 73.0 Å². The standard InChI is InChI=1S/C22H20Cl2F3N5O/c1-2-4-15-11-32(31-20(15)14-7-8-18(23)19(24)9-14)21(29-13-28)30-16-5-3-6-17(10-16)33-12-22(25,26)27/h3,5-10,15H,2,4,11-12H2,1H3,(H,29,30). The van der Waals surface area contributed by atoms with Crippen molar-refractivity contribution in [1.82, 2.24) is 10.3 Å². The lowest BCUT2D eigenvalue weighted by Crippen LogP contribution is -2.35. The largest absolute Gasteiger partial charge is 0.484 e. The number of ether oxygens (including phenoxy) is 1. The van der Waals surface area contributed by atoms with Crippen LogP contribution in [0.15, 0.2) is 52.6 Å². The normalized spacial score (nSPS) is 16.4. The number of hydrogen-bond acceptors (Lipinski definition) is 4. The van der Waals surface area contributed by atoms with Gasteiger partial charge >= 0.3 is 6.18 Å². The summed E-state index contributed by atoms with van der Waals surface area (Å²) in [4.78, 5) is 4.38. The molecule has 2 aromatic rings. The number of nitrogens with one attached hydrogen (secondary N) is 1. The molecule has 3 rings (SSSR count). The van der Waals surface area contributed by atoms with Crippen molar-refractivity contribution in [2.45, 2.75) is 25.9 Å². The summed E-state index contributed by atoms with van der Waals surface area (Å²) in [5.41, 5.74) is 1.90. The number of nitriles is 1. The van der Waals surface area contributed by atoms with Gasteiger partial charge in [-0.3, -0.25) is 5.32 Å². The SMILES string of the molecule is CCCC1CN(C(=Nc2cccc(OCC(F)(F)F)c2)NC#N)N=C1c1ccc(Cl)c(Cl)c1. The number of benzene rings is 2. The summed E-state index contributed by atoms with van der Waals surface area (Å²) < 4.78 is 42.1. The molecule has 0 bridgehead atoms. The zero-order valence-electron chi connectivity index (χ0n) is 17.5. The molecule has 1 aliphatic heterocycles. The van der Waals surface area contributed by atoms with Gasteiger partial charge in [0.2, 0.25) is 5.96 Å². The van der Waals surface area contributed by atoms with Crippen molar-refractivity contribution in [3.05, 3.63) is 58.1 Å². The first kappa shape index (κ1) is 24.7. The number of hydrogen-bond donors (Lipinski definition) is 1. The van der Waals surface area contributed by atoms with Gasteiger partial charge in [0.25, 0.3) is 0 Å². The Morgan fingerprint density at radius 1 is 1.27 bits per heavy atom. The molecule has 0 fully saturated rings. The first-order chi connectivity index (χ1) is 15.7. The minimum atomic E-state index is -4.45. The second-order valence-electron chi connectivity index (χ2n) is 7.26. The van der Waals surface area contributed by atoms with Crippen LogP contribution in [0.1, 0.15) is 25.3 Å². The second-order valence-corrected chi connectivity index (χ2v) is 8.07. The van der Waals surface area contributed by atoms with Crippen molar-refractivity contribution >= 4 is 40.6 Å². The van der Waals surface area contributed by atoms with E-state index in [2.05, 4.69) is 22.3 Å². The highest BCUT2D eigenvalue weighted by Gasteiger charge is 2.30. The molecule has 1 heterocycles. The van der Waals surface area contributed by atoms with E-state index in [4.69, 9.17) is 27.9 Å². The van der Waals surface area contributed by atoms with E-state index in [1.54, 1.807) is 23.2 Å². The molecule has 174 valence electrons. The third-order valence-electron chi connectivity index (χ3n) is 4.73. The molecule has 0 aliphatic carbocycles. The van der Waals surface area contributed by atoms with Crippen LogP contribution in [0.2, 0.25) is 10.0 Å². The lowest BCUT2D eigenvalue weighted by Gasteiger charge is -2.16. The predicted molar refractivity (Wildman–Crippen MR) is 122 cm³/mol. The average Bonchev–Trinajstić information content (AvgIpc) is 3.18. The van der Waals surface area contributed by atoms with Crippen LogP contribution < -0.4 is 10.1 Å². The third-order valence-corrected chi connectivity index (χ3v) is 5.47. The molecule has 6 nitrogen and oxygen atoms in total. The van der Waals surface area contributed by atoms with Gasteiger partial charge in [0, 0.05) is 12.0 Å². The van der Waals surface area contributed by atoms with Crippen molar-refractivity contribution in [3.8, 4) is 11.9 Å². The Hall–Kier alpha value is -2.96. The summed E-state index contributed by atoms with van der Waals surface area (Å²) >= 11 is 12.2. The van der Waals surface area contributed by atoms with Gasteiger partial charge in [0.05, 0.1) is 28.0 Å².